The maximum Gasteiger partial charge on any atom is 0.317 e. The number of carbonyl (C=O) groups is 1. The Bertz CT molecular complexity index is 1250. The topological polar surface area (TPSA) is 84.4 Å². The van der Waals surface area contributed by atoms with E-state index in [0.717, 1.165) is 27.6 Å². The molecule has 4 aromatic rings. The first-order valence-electron chi connectivity index (χ1n) is 9.99. The summed E-state index contributed by atoms with van der Waals surface area (Å²) < 4.78 is 7.78. The molecule has 7 nitrogen and oxygen atoms in total. The van der Waals surface area contributed by atoms with Gasteiger partial charge in [0.05, 0.1) is 6.54 Å². The zero-order chi connectivity index (χ0) is 20.8. The van der Waals surface area contributed by atoms with Crippen molar-refractivity contribution in [3.8, 4) is 22.8 Å². The molecule has 0 fully saturated rings. The van der Waals surface area contributed by atoms with Crippen molar-refractivity contribution in [3.05, 3.63) is 59.8 Å². The molecule has 2 aromatic heterocycles. The molecule has 0 radical (unpaired) electrons. The van der Waals surface area contributed by atoms with E-state index < -0.39 is 5.97 Å². The number of hydrogen-bond donors (Lipinski definition) is 1. The average Bonchev–Trinajstić information content (AvgIpc) is 3.43. The van der Waals surface area contributed by atoms with E-state index in [1.165, 1.54) is 5.52 Å². The van der Waals surface area contributed by atoms with Gasteiger partial charge in [0.2, 0.25) is 5.82 Å². The summed E-state index contributed by atoms with van der Waals surface area (Å²) in [5.41, 5.74) is 5.18. The van der Waals surface area contributed by atoms with Crippen LogP contribution in [0.1, 0.15) is 31.0 Å². The number of carboxylic acid groups (broad SMARTS) is 1. The van der Waals surface area contributed by atoms with E-state index >= 15 is 0 Å². The Balaban J connectivity index is 1.41. The van der Waals surface area contributed by atoms with Crippen LogP contribution in [0, 0.1) is 0 Å². The first-order chi connectivity index (χ1) is 14.5. The highest BCUT2D eigenvalue weighted by Crippen LogP contribution is 2.30. The van der Waals surface area contributed by atoms with Crippen molar-refractivity contribution in [1.29, 1.82) is 0 Å². The van der Waals surface area contributed by atoms with E-state index in [-0.39, 0.29) is 6.54 Å². The molecule has 0 spiro atoms. The van der Waals surface area contributed by atoms with Crippen LogP contribution in [0.5, 0.6) is 0 Å². The summed E-state index contributed by atoms with van der Waals surface area (Å²) in [5.74, 6) is 0.202. The minimum atomic E-state index is -0.813. The first kappa shape index (κ1) is 18.6. The van der Waals surface area contributed by atoms with Gasteiger partial charge in [0.1, 0.15) is 0 Å². The lowest BCUT2D eigenvalue weighted by Gasteiger charge is -2.10. The Labute approximate surface area is 173 Å². The predicted molar refractivity (Wildman–Crippen MR) is 113 cm³/mol. The van der Waals surface area contributed by atoms with Crippen LogP contribution in [0.4, 0.5) is 0 Å². The monoisotopic (exact) mass is 402 g/mol. The van der Waals surface area contributed by atoms with Crippen LogP contribution < -0.4 is 0 Å². The normalized spacial score (nSPS) is 14.0. The number of benzene rings is 2. The van der Waals surface area contributed by atoms with Crippen molar-refractivity contribution in [2.24, 2.45) is 0 Å². The second-order valence-corrected chi connectivity index (χ2v) is 8.04. The summed E-state index contributed by atoms with van der Waals surface area (Å²) in [6.07, 6.45) is 2.09. The highest BCUT2D eigenvalue weighted by Gasteiger charge is 2.22. The van der Waals surface area contributed by atoms with Crippen molar-refractivity contribution in [1.82, 2.24) is 19.6 Å². The molecule has 0 aliphatic carbocycles. The third kappa shape index (κ3) is 3.27. The van der Waals surface area contributed by atoms with E-state index in [1.807, 2.05) is 29.2 Å². The van der Waals surface area contributed by atoms with Gasteiger partial charge in [0, 0.05) is 47.4 Å². The number of hydrogen-bond acceptors (Lipinski definition) is 5. The maximum absolute atomic E-state index is 11.0. The Kier molecular flexibility index (Phi) is 4.40. The van der Waals surface area contributed by atoms with Gasteiger partial charge in [0.25, 0.3) is 5.89 Å². The smallest absolute Gasteiger partial charge is 0.317 e. The molecule has 3 heterocycles. The number of carboxylic acids is 1. The number of aliphatic carboxylic acids is 1. The van der Waals surface area contributed by atoms with Gasteiger partial charge in [-0.05, 0) is 55.3 Å². The van der Waals surface area contributed by atoms with E-state index in [2.05, 4.69) is 53.0 Å². The second-order valence-electron chi connectivity index (χ2n) is 8.04. The van der Waals surface area contributed by atoms with Gasteiger partial charge >= 0.3 is 5.97 Å². The van der Waals surface area contributed by atoms with Crippen molar-refractivity contribution in [2.75, 3.05) is 6.54 Å². The van der Waals surface area contributed by atoms with Crippen LogP contribution in [-0.2, 0) is 17.9 Å². The molecule has 0 bridgehead atoms. The molecule has 0 unspecified atom stereocenters. The minimum absolute atomic E-state index is 0.0391. The molecular weight excluding hydrogens is 380 g/mol. The third-order valence-electron chi connectivity index (χ3n) is 5.56. The quantitative estimate of drug-likeness (QED) is 0.535. The fraction of sp³-hybridized carbons (Fsp3) is 0.261. The Hall–Kier alpha value is -3.45. The fourth-order valence-corrected chi connectivity index (χ4v) is 4.11. The molecular formula is C23H22N4O3. The second kappa shape index (κ2) is 7.11. The summed E-state index contributed by atoms with van der Waals surface area (Å²) in [6.45, 7) is 5.63. The molecule has 0 amide bonds. The molecule has 0 atom stereocenters. The van der Waals surface area contributed by atoms with Gasteiger partial charge in [-0.3, -0.25) is 9.69 Å². The molecule has 5 rings (SSSR count). The van der Waals surface area contributed by atoms with Crippen molar-refractivity contribution < 1.29 is 14.4 Å². The van der Waals surface area contributed by atoms with Gasteiger partial charge < -0.3 is 14.2 Å². The standard InChI is InChI=1S/C23H22N4O3/c1-14(2)27-8-7-15-9-17(5-6-20(15)27)23-24-22(25-30-23)16-3-4-18-11-26(13-21(28)29)12-19(18)10-16/h3-10,14H,11-13H2,1-2H3,(H,28,29). The van der Waals surface area contributed by atoms with Crippen molar-refractivity contribution >= 4 is 16.9 Å². The lowest BCUT2D eigenvalue weighted by molar-refractivity contribution is -0.138. The van der Waals surface area contributed by atoms with Crippen LogP contribution in [0.25, 0.3) is 33.7 Å². The van der Waals surface area contributed by atoms with Crippen LogP contribution in [-0.4, -0.2) is 37.2 Å². The zero-order valence-electron chi connectivity index (χ0n) is 16.9. The van der Waals surface area contributed by atoms with Crippen molar-refractivity contribution in [3.63, 3.8) is 0 Å². The summed E-state index contributed by atoms with van der Waals surface area (Å²) in [7, 11) is 0. The molecule has 30 heavy (non-hydrogen) atoms. The van der Waals surface area contributed by atoms with Gasteiger partial charge in [-0.2, -0.15) is 4.98 Å². The Morgan fingerprint density at radius 1 is 1.10 bits per heavy atom. The summed E-state index contributed by atoms with van der Waals surface area (Å²) in [4.78, 5) is 17.5. The number of fused-ring (bicyclic) bond motifs is 2. The SMILES string of the molecule is CC(C)n1ccc2cc(-c3nc(-c4ccc5c(c4)CN(CC(=O)O)C5)no3)ccc21. The number of nitrogens with zero attached hydrogens (tertiary/aromatic N) is 4. The number of aromatic nitrogens is 3. The third-order valence-corrected chi connectivity index (χ3v) is 5.56. The van der Waals surface area contributed by atoms with Crippen LogP contribution >= 0.6 is 0 Å². The highest BCUT2D eigenvalue weighted by atomic mass is 16.5. The van der Waals surface area contributed by atoms with Crippen LogP contribution in [0.3, 0.4) is 0 Å². The summed E-state index contributed by atoms with van der Waals surface area (Å²) in [6, 6.07) is 14.7. The molecule has 152 valence electrons. The zero-order valence-corrected chi connectivity index (χ0v) is 16.9. The van der Waals surface area contributed by atoms with Gasteiger partial charge in [-0.25, -0.2) is 0 Å². The first-order valence-corrected chi connectivity index (χ1v) is 9.99. The molecule has 1 aliphatic heterocycles. The molecule has 1 aliphatic rings. The predicted octanol–water partition coefficient (Wildman–Crippen LogP) is 4.34. The van der Waals surface area contributed by atoms with Gasteiger partial charge in [-0.1, -0.05) is 17.3 Å². The largest absolute Gasteiger partial charge is 0.480 e. The maximum atomic E-state index is 11.0. The lowest BCUT2D eigenvalue weighted by atomic mass is 10.1. The van der Waals surface area contributed by atoms with E-state index in [0.29, 0.717) is 30.8 Å². The Morgan fingerprint density at radius 2 is 1.90 bits per heavy atom. The molecule has 0 saturated heterocycles. The van der Waals surface area contributed by atoms with Crippen LogP contribution in [0.15, 0.2) is 53.2 Å². The highest BCUT2D eigenvalue weighted by molar-refractivity contribution is 5.84. The average molecular weight is 402 g/mol. The molecule has 7 heteroatoms. The number of rotatable bonds is 5. The fourth-order valence-electron chi connectivity index (χ4n) is 4.11. The molecule has 0 saturated carbocycles. The van der Waals surface area contributed by atoms with E-state index in [4.69, 9.17) is 9.63 Å². The summed E-state index contributed by atoms with van der Waals surface area (Å²) >= 11 is 0. The Morgan fingerprint density at radius 3 is 2.70 bits per heavy atom. The molecule has 1 N–H and O–H groups in total. The van der Waals surface area contributed by atoms with Crippen molar-refractivity contribution in [2.45, 2.75) is 33.0 Å². The lowest BCUT2D eigenvalue weighted by Crippen LogP contribution is -2.24. The molecule has 2 aromatic carbocycles. The van der Waals surface area contributed by atoms with Gasteiger partial charge in [-0.15, -0.1) is 0 Å². The van der Waals surface area contributed by atoms with E-state index in [9.17, 15) is 4.79 Å². The van der Waals surface area contributed by atoms with Crippen LogP contribution in [0.2, 0.25) is 0 Å². The minimum Gasteiger partial charge on any atom is -0.480 e. The van der Waals surface area contributed by atoms with E-state index in [1.54, 1.807) is 0 Å². The van der Waals surface area contributed by atoms with Gasteiger partial charge in [0.15, 0.2) is 0 Å². The summed E-state index contributed by atoms with van der Waals surface area (Å²) in [5, 5.41) is 14.3.